The van der Waals surface area contributed by atoms with E-state index in [4.69, 9.17) is 4.98 Å². The molecule has 4 aromatic rings. The van der Waals surface area contributed by atoms with Crippen LogP contribution in [0.5, 0.6) is 0 Å². The Morgan fingerprint density at radius 1 is 1.09 bits per heavy atom. The molecule has 0 saturated heterocycles. The molecular weight excluding hydrogens is 414 g/mol. The van der Waals surface area contributed by atoms with Crippen LogP contribution in [0.4, 0.5) is 17.3 Å². The van der Waals surface area contributed by atoms with E-state index in [-0.39, 0.29) is 5.91 Å². The van der Waals surface area contributed by atoms with Crippen LogP contribution in [0.15, 0.2) is 79.5 Å². The van der Waals surface area contributed by atoms with E-state index >= 15 is 0 Å². The van der Waals surface area contributed by atoms with Crippen LogP contribution < -0.4 is 10.6 Å². The molecule has 1 amide bonds. The summed E-state index contributed by atoms with van der Waals surface area (Å²) in [5, 5.41) is 6.60. The van der Waals surface area contributed by atoms with Gasteiger partial charge in [0.2, 0.25) is 11.9 Å². The lowest BCUT2D eigenvalue weighted by Crippen LogP contribution is -2.33. The summed E-state index contributed by atoms with van der Waals surface area (Å²) in [4.78, 5) is 28.0. The number of anilines is 3. The molecule has 8 heteroatoms. The van der Waals surface area contributed by atoms with Gasteiger partial charge in [0.1, 0.15) is 0 Å². The Morgan fingerprint density at radius 2 is 1.94 bits per heavy atom. The van der Waals surface area contributed by atoms with Crippen LogP contribution >= 0.6 is 0 Å². The Balaban J connectivity index is 1.25. The van der Waals surface area contributed by atoms with E-state index in [0.29, 0.717) is 32.0 Å². The van der Waals surface area contributed by atoms with Crippen molar-refractivity contribution in [3.05, 3.63) is 90.8 Å². The second kappa shape index (κ2) is 9.52. The van der Waals surface area contributed by atoms with Crippen molar-refractivity contribution >= 4 is 23.2 Å². The third-order valence-corrected chi connectivity index (χ3v) is 5.65. The van der Waals surface area contributed by atoms with Gasteiger partial charge in [-0.25, -0.2) is 15.0 Å². The molecule has 2 aromatic heterocycles. The largest absolute Gasteiger partial charge is 0.380 e. The lowest BCUT2D eigenvalue weighted by atomic mass is 10.1. The average Bonchev–Trinajstić information content (AvgIpc) is 3.31. The summed E-state index contributed by atoms with van der Waals surface area (Å²) in [6.07, 6.45) is 8.42. The molecule has 0 spiro atoms. The Hall–Kier alpha value is -4.20. The number of hydrogen-bond acceptors (Lipinski definition) is 6. The smallest absolute Gasteiger partial charge is 0.227 e. The van der Waals surface area contributed by atoms with E-state index in [1.54, 1.807) is 18.7 Å². The number of amides is 1. The predicted octanol–water partition coefficient (Wildman–Crippen LogP) is 3.79. The SMILES string of the molecule is O=C(CCc1ccccc1)N1CCNc2cnc(Nc3ccc(-n4ccnc4)cc3)nc2C1. The lowest BCUT2D eigenvalue weighted by molar-refractivity contribution is -0.131. The summed E-state index contributed by atoms with van der Waals surface area (Å²) in [6, 6.07) is 18.1. The molecule has 3 heterocycles. The molecule has 0 fully saturated rings. The van der Waals surface area contributed by atoms with Crippen molar-refractivity contribution in [2.45, 2.75) is 19.4 Å². The Labute approximate surface area is 192 Å². The van der Waals surface area contributed by atoms with E-state index < -0.39 is 0 Å². The van der Waals surface area contributed by atoms with Gasteiger partial charge in [0, 0.05) is 43.3 Å². The van der Waals surface area contributed by atoms with Crippen molar-refractivity contribution < 1.29 is 4.79 Å². The number of aromatic nitrogens is 4. The summed E-state index contributed by atoms with van der Waals surface area (Å²) < 4.78 is 1.94. The standard InChI is InChI=1S/C25H25N7O/c33-24(11-6-19-4-2-1-3-5-19)31-15-13-27-22-16-28-25(30-23(22)17-31)29-20-7-9-21(10-8-20)32-14-12-26-18-32/h1-5,7-10,12,14,16,18,27H,6,11,13,15,17H2,(H,28,29,30). The number of rotatable bonds is 6. The minimum absolute atomic E-state index is 0.136. The van der Waals surface area contributed by atoms with Gasteiger partial charge in [-0.05, 0) is 36.2 Å². The molecular formula is C25H25N7O. The van der Waals surface area contributed by atoms with E-state index in [9.17, 15) is 4.79 Å². The van der Waals surface area contributed by atoms with Crippen molar-refractivity contribution in [3.63, 3.8) is 0 Å². The van der Waals surface area contributed by atoms with Crippen molar-refractivity contribution in [2.75, 3.05) is 23.7 Å². The number of benzene rings is 2. The van der Waals surface area contributed by atoms with Gasteiger partial charge in [-0.15, -0.1) is 0 Å². The fourth-order valence-corrected chi connectivity index (χ4v) is 3.86. The molecule has 0 bridgehead atoms. The first-order valence-electron chi connectivity index (χ1n) is 11.0. The molecule has 2 aromatic carbocycles. The van der Waals surface area contributed by atoms with Gasteiger partial charge in [0.25, 0.3) is 0 Å². The fraction of sp³-hybridized carbons (Fsp3) is 0.200. The van der Waals surface area contributed by atoms with Crippen molar-refractivity contribution in [2.24, 2.45) is 0 Å². The maximum Gasteiger partial charge on any atom is 0.227 e. The number of nitrogens with one attached hydrogen (secondary N) is 2. The van der Waals surface area contributed by atoms with Crippen LogP contribution in [0.2, 0.25) is 0 Å². The van der Waals surface area contributed by atoms with Gasteiger partial charge < -0.3 is 20.1 Å². The molecule has 0 aliphatic carbocycles. The molecule has 1 aliphatic rings. The fourth-order valence-electron chi connectivity index (χ4n) is 3.86. The number of carbonyl (C=O) groups is 1. The quantitative estimate of drug-likeness (QED) is 0.475. The van der Waals surface area contributed by atoms with Crippen LogP contribution in [0, 0.1) is 0 Å². The Kier molecular flexibility index (Phi) is 5.97. The maximum absolute atomic E-state index is 12.9. The van der Waals surface area contributed by atoms with Crippen molar-refractivity contribution in [3.8, 4) is 5.69 Å². The highest BCUT2D eigenvalue weighted by atomic mass is 16.2. The van der Waals surface area contributed by atoms with Gasteiger partial charge in [0.15, 0.2) is 0 Å². The summed E-state index contributed by atoms with van der Waals surface area (Å²) in [6.45, 7) is 1.78. The maximum atomic E-state index is 12.9. The zero-order valence-electron chi connectivity index (χ0n) is 18.2. The Bertz CT molecular complexity index is 1210. The van der Waals surface area contributed by atoms with Crippen LogP contribution in [-0.4, -0.2) is 43.4 Å². The highest BCUT2D eigenvalue weighted by Gasteiger charge is 2.20. The molecule has 0 saturated carbocycles. The number of aryl methyl sites for hydroxylation is 1. The number of hydrogen-bond donors (Lipinski definition) is 2. The molecule has 8 nitrogen and oxygen atoms in total. The van der Waals surface area contributed by atoms with Crippen molar-refractivity contribution in [1.29, 1.82) is 0 Å². The summed E-state index contributed by atoms with van der Waals surface area (Å²) in [5.41, 5.74) is 4.76. The first-order chi connectivity index (χ1) is 16.2. The number of fused-ring (bicyclic) bond motifs is 1. The average molecular weight is 440 g/mol. The van der Waals surface area contributed by atoms with Crippen LogP contribution in [0.25, 0.3) is 5.69 Å². The number of imidazole rings is 1. The van der Waals surface area contributed by atoms with Gasteiger partial charge in [-0.3, -0.25) is 4.79 Å². The van der Waals surface area contributed by atoms with Crippen LogP contribution in [0.1, 0.15) is 17.7 Å². The third kappa shape index (κ3) is 5.01. The summed E-state index contributed by atoms with van der Waals surface area (Å²) in [7, 11) is 0. The van der Waals surface area contributed by atoms with Crippen molar-refractivity contribution in [1.82, 2.24) is 24.4 Å². The molecule has 166 valence electrons. The second-order valence-corrected chi connectivity index (χ2v) is 7.92. The molecule has 33 heavy (non-hydrogen) atoms. The van der Waals surface area contributed by atoms with Gasteiger partial charge in [-0.1, -0.05) is 30.3 Å². The normalized spacial score (nSPS) is 13.0. The van der Waals surface area contributed by atoms with Crippen LogP contribution in [0.3, 0.4) is 0 Å². The van der Waals surface area contributed by atoms with E-state index in [2.05, 4.69) is 32.7 Å². The topological polar surface area (TPSA) is 88.0 Å². The highest BCUT2D eigenvalue weighted by Crippen LogP contribution is 2.22. The van der Waals surface area contributed by atoms with E-state index in [1.807, 2.05) is 58.1 Å². The van der Waals surface area contributed by atoms with E-state index in [1.165, 1.54) is 5.56 Å². The van der Waals surface area contributed by atoms with E-state index in [0.717, 1.165) is 29.2 Å². The zero-order chi connectivity index (χ0) is 22.5. The van der Waals surface area contributed by atoms with Gasteiger partial charge >= 0.3 is 0 Å². The van der Waals surface area contributed by atoms with Gasteiger partial charge in [-0.2, -0.15) is 0 Å². The first kappa shape index (κ1) is 20.7. The molecule has 5 rings (SSSR count). The summed E-state index contributed by atoms with van der Waals surface area (Å²) >= 11 is 0. The van der Waals surface area contributed by atoms with Gasteiger partial charge in [0.05, 0.1) is 30.5 Å². The monoisotopic (exact) mass is 439 g/mol. The third-order valence-electron chi connectivity index (χ3n) is 5.65. The predicted molar refractivity (Wildman–Crippen MR) is 128 cm³/mol. The number of nitrogens with zero attached hydrogens (tertiary/aromatic N) is 5. The summed E-state index contributed by atoms with van der Waals surface area (Å²) in [5.74, 6) is 0.640. The molecule has 0 unspecified atom stereocenters. The number of carbonyl (C=O) groups excluding carboxylic acids is 1. The Morgan fingerprint density at radius 3 is 2.73 bits per heavy atom. The first-order valence-corrected chi connectivity index (χ1v) is 11.0. The molecule has 1 aliphatic heterocycles. The second-order valence-electron chi connectivity index (χ2n) is 7.92. The molecule has 0 radical (unpaired) electrons. The van der Waals surface area contributed by atoms with Crippen LogP contribution in [-0.2, 0) is 17.8 Å². The highest BCUT2D eigenvalue weighted by molar-refractivity contribution is 5.77. The molecule has 0 atom stereocenters. The minimum atomic E-state index is 0.136. The zero-order valence-corrected chi connectivity index (χ0v) is 18.2. The lowest BCUT2D eigenvalue weighted by Gasteiger charge is -2.20. The minimum Gasteiger partial charge on any atom is -0.380 e. The molecule has 2 N–H and O–H groups in total.